The van der Waals surface area contributed by atoms with Crippen LogP contribution in [0.3, 0.4) is 0 Å². The minimum atomic E-state index is -0.626. The first kappa shape index (κ1) is 15.3. The zero-order valence-electron chi connectivity index (χ0n) is 13.2. The molecule has 1 aliphatic carbocycles. The van der Waals surface area contributed by atoms with Crippen molar-refractivity contribution in [2.24, 2.45) is 5.92 Å². The third-order valence-corrected chi connectivity index (χ3v) is 4.55. The lowest BCUT2D eigenvalue weighted by Crippen LogP contribution is -2.47. The number of nitrogens with one attached hydrogen (secondary N) is 1. The van der Waals surface area contributed by atoms with Gasteiger partial charge in [-0.05, 0) is 44.7 Å². The zero-order valence-corrected chi connectivity index (χ0v) is 13.2. The van der Waals surface area contributed by atoms with Gasteiger partial charge in [0.25, 0.3) is 0 Å². The van der Waals surface area contributed by atoms with Crippen molar-refractivity contribution in [2.45, 2.75) is 38.1 Å². The van der Waals surface area contributed by atoms with Crippen LogP contribution in [0.1, 0.15) is 36.9 Å². The number of pyridine rings is 1. The average Bonchev–Trinajstić information content (AvgIpc) is 3.35. The number of piperidine rings is 1. The highest BCUT2D eigenvalue weighted by atomic mass is 16.2. The highest BCUT2D eigenvalue weighted by molar-refractivity contribution is 5.81. The molecule has 1 saturated heterocycles. The standard InChI is InChI=1S/C17H19N5O/c1-12-4-5-13(9-18)15(20-12)22-8-2-3-14(10-22)16(23)21-17(11-19)6-7-17/h4-5,14H,2-3,6-8,10H2,1H3,(H,21,23)/t14-/m1/s1. The molecule has 1 aromatic heterocycles. The Hall–Kier alpha value is -2.60. The second-order valence-electron chi connectivity index (χ2n) is 6.40. The predicted octanol–water partition coefficient (Wildman–Crippen LogP) is 1.65. The number of nitriles is 2. The Morgan fingerprint density at radius 3 is 2.87 bits per heavy atom. The molecule has 1 aromatic rings. The highest BCUT2D eigenvalue weighted by Gasteiger charge is 2.45. The van der Waals surface area contributed by atoms with E-state index in [1.807, 2.05) is 17.9 Å². The van der Waals surface area contributed by atoms with E-state index in [1.165, 1.54) is 0 Å². The fourth-order valence-corrected chi connectivity index (χ4v) is 2.98. The van der Waals surface area contributed by atoms with Crippen LogP contribution in [0.5, 0.6) is 0 Å². The largest absolute Gasteiger partial charge is 0.355 e. The lowest BCUT2D eigenvalue weighted by Gasteiger charge is -2.33. The number of amides is 1. The quantitative estimate of drug-likeness (QED) is 0.916. The smallest absolute Gasteiger partial charge is 0.226 e. The summed E-state index contributed by atoms with van der Waals surface area (Å²) >= 11 is 0. The summed E-state index contributed by atoms with van der Waals surface area (Å²) in [6.45, 7) is 3.22. The SMILES string of the molecule is Cc1ccc(C#N)c(N2CCC[C@@H](C(=O)NC3(C#N)CC3)C2)n1. The lowest BCUT2D eigenvalue weighted by molar-refractivity contribution is -0.125. The van der Waals surface area contributed by atoms with E-state index < -0.39 is 5.54 Å². The maximum Gasteiger partial charge on any atom is 0.226 e. The molecule has 0 spiro atoms. The molecule has 1 N–H and O–H groups in total. The first-order valence-electron chi connectivity index (χ1n) is 7.93. The zero-order chi connectivity index (χ0) is 16.4. The van der Waals surface area contributed by atoms with Crippen molar-refractivity contribution in [2.75, 3.05) is 18.0 Å². The summed E-state index contributed by atoms with van der Waals surface area (Å²) in [7, 11) is 0. The van der Waals surface area contributed by atoms with E-state index in [2.05, 4.69) is 22.4 Å². The molecule has 0 bridgehead atoms. The molecule has 2 heterocycles. The van der Waals surface area contributed by atoms with Crippen LogP contribution in [0.15, 0.2) is 12.1 Å². The molecule has 2 aliphatic rings. The van der Waals surface area contributed by atoms with Crippen molar-refractivity contribution in [3.63, 3.8) is 0 Å². The van der Waals surface area contributed by atoms with E-state index in [4.69, 9.17) is 5.26 Å². The van der Waals surface area contributed by atoms with Gasteiger partial charge in [-0.25, -0.2) is 4.98 Å². The third kappa shape index (κ3) is 3.12. The maximum absolute atomic E-state index is 12.4. The number of nitrogens with zero attached hydrogens (tertiary/aromatic N) is 4. The first-order valence-corrected chi connectivity index (χ1v) is 7.93. The number of carbonyl (C=O) groups is 1. The van der Waals surface area contributed by atoms with Crippen molar-refractivity contribution in [3.8, 4) is 12.1 Å². The number of aromatic nitrogens is 1. The van der Waals surface area contributed by atoms with Crippen LogP contribution in [-0.4, -0.2) is 29.5 Å². The molecule has 1 saturated carbocycles. The van der Waals surface area contributed by atoms with Crippen LogP contribution in [0, 0.1) is 35.5 Å². The molecule has 1 amide bonds. The van der Waals surface area contributed by atoms with Crippen LogP contribution in [-0.2, 0) is 4.79 Å². The van der Waals surface area contributed by atoms with E-state index in [9.17, 15) is 10.1 Å². The van der Waals surface area contributed by atoms with E-state index in [0.29, 0.717) is 17.9 Å². The number of rotatable bonds is 3. The molecule has 0 unspecified atom stereocenters. The van der Waals surface area contributed by atoms with Gasteiger partial charge in [0.1, 0.15) is 17.4 Å². The van der Waals surface area contributed by atoms with Crippen molar-refractivity contribution < 1.29 is 4.79 Å². The Kier molecular flexibility index (Phi) is 3.92. The van der Waals surface area contributed by atoms with Crippen LogP contribution in [0.4, 0.5) is 5.82 Å². The summed E-state index contributed by atoms with van der Waals surface area (Å²) in [5, 5.41) is 21.3. The second-order valence-corrected chi connectivity index (χ2v) is 6.40. The van der Waals surface area contributed by atoms with Gasteiger partial charge < -0.3 is 10.2 Å². The van der Waals surface area contributed by atoms with Gasteiger partial charge in [0, 0.05) is 18.8 Å². The van der Waals surface area contributed by atoms with Gasteiger partial charge in [0.15, 0.2) is 0 Å². The van der Waals surface area contributed by atoms with Gasteiger partial charge in [-0.3, -0.25) is 4.79 Å². The number of aryl methyl sites for hydroxylation is 1. The summed E-state index contributed by atoms with van der Waals surface area (Å²) in [5.41, 5.74) is 0.762. The normalized spacial score (nSPS) is 21.9. The van der Waals surface area contributed by atoms with Crippen molar-refractivity contribution in [1.82, 2.24) is 10.3 Å². The van der Waals surface area contributed by atoms with Crippen LogP contribution in [0.25, 0.3) is 0 Å². The summed E-state index contributed by atoms with van der Waals surface area (Å²) in [5.74, 6) is 0.440. The van der Waals surface area contributed by atoms with Crippen LogP contribution in [0.2, 0.25) is 0 Å². The minimum Gasteiger partial charge on any atom is -0.355 e. The van der Waals surface area contributed by atoms with E-state index >= 15 is 0 Å². The Morgan fingerprint density at radius 1 is 1.43 bits per heavy atom. The number of anilines is 1. The maximum atomic E-state index is 12.4. The molecule has 3 rings (SSSR count). The predicted molar refractivity (Wildman–Crippen MR) is 84.3 cm³/mol. The van der Waals surface area contributed by atoms with Gasteiger partial charge in [-0.15, -0.1) is 0 Å². The third-order valence-electron chi connectivity index (χ3n) is 4.55. The van der Waals surface area contributed by atoms with Crippen LogP contribution < -0.4 is 10.2 Å². The van der Waals surface area contributed by atoms with Gasteiger partial charge in [-0.1, -0.05) is 0 Å². The molecule has 118 valence electrons. The van der Waals surface area contributed by atoms with E-state index in [0.717, 1.165) is 37.9 Å². The molecule has 1 atom stereocenters. The van der Waals surface area contributed by atoms with Crippen molar-refractivity contribution in [3.05, 3.63) is 23.4 Å². The van der Waals surface area contributed by atoms with Gasteiger partial charge in [0.05, 0.1) is 17.6 Å². The summed E-state index contributed by atoms with van der Waals surface area (Å²) in [4.78, 5) is 18.9. The summed E-state index contributed by atoms with van der Waals surface area (Å²) in [6.07, 6.45) is 3.16. The van der Waals surface area contributed by atoms with Crippen molar-refractivity contribution in [1.29, 1.82) is 10.5 Å². The Morgan fingerprint density at radius 2 is 2.22 bits per heavy atom. The number of carbonyl (C=O) groups excluding carboxylic acids is 1. The molecule has 0 aromatic carbocycles. The fourth-order valence-electron chi connectivity index (χ4n) is 2.98. The number of hydrogen-bond acceptors (Lipinski definition) is 5. The van der Waals surface area contributed by atoms with E-state index in [1.54, 1.807) is 6.07 Å². The molecular weight excluding hydrogens is 290 g/mol. The molecular formula is C17H19N5O. The Labute approximate surface area is 135 Å². The monoisotopic (exact) mass is 309 g/mol. The molecule has 23 heavy (non-hydrogen) atoms. The fraction of sp³-hybridized carbons (Fsp3) is 0.529. The Bertz CT molecular complexity index is 711. The Balaban J connectivity index is 1.74. The first-order chi connectivity index (χ1) is 11.1. The van der Waals surface area contributed by atoms with Crippen molar-refractivity contribution >= 4 is 11.7 Å². The van der Waals surface area contributed by atoms with Crippen LogP contribution >= 0.6 is 0 Å². The van der Waals surface area contributed by atoms with E-state index in [-0.39, 0.29) is 11.8 Å². The average molecular weight is 309 g/mol. The highest BCUT2D eigenvalue weighted by Crippen LogP contribution is 2.35. The van der Waals surface area contributed by atoms with Gasteiger partial charge in [0.2, 0.25) is 5.91 Å². The molecule has 2 fully saturated rings. The molecule has 0 radical (unpaired) electrons. The minimum absolute atomic E-state index is 0.0556. The molecule has 6 heteroatoms. The summed E-state index contributed by atoms with van der Waals surface area (Å²) < 4.78 is 0. The molecule has 1 aliphatic heterocycles. The number of hydrogen-bond donors (Lipinski definition) is 1. The molecule has 6 nitrogen and oxygen atoms in total. The van der Waals surface area contributed by atoms with Gasteiger partial charge in [-0.2, -0.15) is 10.5 Å². The topological polar surface area (TPSA) is 92.8 Å². The summed E-state index contributed by atoms with van der Waals surface area (Å²) in [6, 6.07) is 7.96. The second kappa shape index (κ2) is 5.89. The lowest BCUT2D eigenvalue weighted by atomic mass is 9.96. The van der Waals surface area contributed by atoms with Gasteiger partial charge >= 0.3 is 0 Å².